The second kappa shape index (κ2) is 6.98. The molecule has 0 fully saturated rings. The fourth-order valence-electron chi connectivity index (χ4n) is 1.69. The van der Waals surface area contributed by atoms with Crippen LogP contribution < -0.4 is 21.3 Å². The number of hydrogen-bond donors (Lipinski definition) is 2. The number of benzene rings is 1. The quantitative estimate of drug-likeness (QED) is 0.741. The Hall–Kier alpha value is -1.59. The van der Waals surface area contributed by atoms with Gasteiger partial charge in [0.25, 0.3) is 0 Å². The number of rotatable bonds is 6. The number of carbonyl (C=O) groups is 1. The molecule has 100 valence electrons. The minimum Gasteiger partial charge on any atom is -0.362 e. The average Bonchev–Trinajstić information content (AvgIpc) is 2.40. The van der Waals surface area contributed by atoms with Gasteiger partial charge in [-0.2, -0.15) is 0 Å². The van der Waals surface area contributed by atoms with E-state index in [2.05, 4.69) is 0 Å². The molecule has 0 spiro atoms. The number of nitrogens with two attached hydrogens (primary N) is 2. The van der Waals surface area contributed by atoms with Crippen molar-refractivity contribution in [3.63, 3.8) is 0 Å². The van der Waals surface area contributed by atoms with Gasteiger partial charge >= 0.3 is 0 Å². The zero-order valence-electron chi connectivity index (χ0n) is 11.1. The Morgan fingerprint density at radius 3 is 2.11 bits per heavy atom. The Morgan fingerprint density at radius 1 is 1.11 bits per heavy atom. The highest BCUT2D eigenvalue weighted by atomic mass is 16.2. The molecule has 5 heteroatoms. The molecular formula is C13H22N4O. The molecule has 0 radical (unpaired) electrons. The topological polar surface area (TPSA) is 75.6 Å². The molecule has 0 saturated carbocycles. The summed E-state index contributed by atoms with van der Waals surface area (Å²) in [5.74, 6) is 0.0555. The largest absolute Gasteiger partial charge is 0.362 e. The lowest BCUT2D eigenvalue weighted by atomic mass is 10.2. The van der Waals surface area contributed by atoms with E-state index in [1.165, 1.54) is 0 Å². The number of amides is 1. The lowest BCUT2D eigenvalue weighted by Gasteiger charge is -2.22. The van der Waals surface area contributed by atoms with Gasteiger partial charge in [0, 0.05) is 24.8 Å². The van der Waals surface area contributed by atoms with Crippen molar-refractivity contribution >= 4 is 17.3 Å². The molecule has 5 nitrogen and oxygen atoms in total. The fourth-order valence-corrected chi connectivity index (χ4v) is 1.69. The van der Waals surface area contributed by atoms with E-state index in [0.29, 0.717) is 13.1 Å². The molecule has 1 aromatic carbocycles. The van der Waals surface area contributed by atoms with Crippen LogP contribution in [-0.4, -0.2) is 26.3 Å². The first-order chi connectivity index (χ1) is 8.63. The summed E-state index contributed by atoms with van der Waals surface area (Å²) >= 11 is 0. The average molecular weight is 250 g/mol. The van der Waals surface area contributed by atoms with E-state index in [1.54, 1.807) is 4.90 Å². The Balaban J connectivity index is 2.85. The van der Waals surface area contributed by atoms with Crippen LogP contribution in [0.4, 0.5) is 11.4 Å². The second-order valence-corrected chi connectivity index (χ2v) is 4.15. The summed E-state index contributed by atoms with van der Waals surface area (Å²) in [6.07, 6.45) is 1.34. The van der Waals surface area contributed by atoms with Crippen LogP contribution in [-0.2, 0) is 4.79 Å². The minimum absolute atomic E-state index is 0.0555. The van der Waals surface area contributed by atoms with Crippen molar-refractivity contribution in [2.45, 2.75) is 19.8 Å². The summed E-state index contributed by atoms with van der Waals surface area (Å²) in [5.41, 5.74) is 13.0. The number of carbonyl (C=O) groups excluding carboxylic acids is 1. The third kappa shape index (κ3) is 3.45. The van der Waals surface area contributed by atoms with Crippen molar-refractivity contribution in [3.8, 4) is 0 Å². The molecule has 0 aliphatic carbocycles. The maximum atomic E-state index is 11.9. The molecule has 0 heterocycles. The van der Waals surface area contributed by atoms with E-state index >= 15 is 0 Å². The van der Waals surface area contributed by atoms with Crippen molar-refractivity contribution in [1.82, 2.24) is 0 Å². The molecule has 0 aromatic heterocycles. The zero-order chi connectivity index (χ0) is 13.5. The monoisotopic (exact) mass is 250 g/mol. The highest BCUT2D eigenvalue weighted by Gasteiger charge is 2.12. The summed E-state index contributed by atoms with van der Waals surface area (Å²) in [6.45, 7) is 2.63. The van der Waals surface area contributed by atoms with Gasteiger partial charge in [0.1, 0.15) is 0 Å². The van der Waals surface area contributed by atoms with Crippen molar-refractivity contribution in [3.05, 3.63) is 24.3 Å². The van der Waals surface area contributed by atoms with Gasteiger partial charge in [-0.3, -0.25) is 9.69 Å². The molecule has 4 N–H and O–H groups in total. The van der Waals surface area contributed by atoms with Crippen LogP contribution in [0.5, 0.6) is 0 Å². The Kier molecular flexibility index (Phi) is 5.61. The highest BCUT2D eigenvalue weighted by Crippen LogP contribution is 2.20. The van der Waals surface area contributed by atoms with Gasteiger partial charge in [-0.05, 0) is 30.7 Å². The molecule has 0 saturated heterocycles. The lowest BCUT2D eigenvalue weighted by Crippen LogP contribution is -2.35. The number of nitrogens with zero attached hydrogens (tertiary/aromatic N) is 2. The molecule has 0 aliphatic heterocycles. The minimum atomic E-state index is 0.0555. The third-order valence-electron chi connectivity index (χ3n) is 2.82. The van der Waals surface area contributed by atoms with E-state index in [1.807, 2.05) is 43.1 Å². The van der Waals surface area contributed by atoms with Gasteiger partial charge < -0.3 is 16.4 Å². The first-order valence-corrected chi connectivity index (χ1v) is 6.15. The van der Waals surface area contributed by atoms with Crippen LogP contribution in [0.2, 0.25) is 0 Å². The first kappa shape index (κ1) is 14.5. The molecule has 18 heavy (non-hydrogen) atoms. The van der Waals surface area contributed by atoms with Crippen LogP contribution in [0, 0.1) is 0 Å². The molecular weight excluding hydrogens is 228 g/mol. The summed E-state index contributed by atoms with van der Waals surface area (Å²) in [6, 6.07) is 7.65. The number of hydrogen-bond acceptors (Lipinski definition) is 4. The van der Waals surface area contributed by atoms with Gasteiger partial charge in [0.15, 0.2) is 0 Å². The SMILES string of the molecule is CCCC(=O)N(CN)c1ccc(N(C)CN)cc1. The maximum Gasteiger partial charge on any atom is 0.228 e. The summed E-state index contributed by atoms with van der Waals surface area (Å²) in [7, 11) is 1.91. The van der Waals surface area contributed by atoms with Crippen LogP contribution in [0.25, 0.3) is 0 Å². The molecule has 0 unspecified atom stereocenters. The summed E-state index contributed by atoms with van der Waals surface area (Å²) in [5, 5.41) is 0. The molecule has 1 amide bonds. The van der Waals surface area contributed by atoms with Gasteiger partial charge in [0.05, 0.1) is 13.3 Å². The van der Waals surface area contributed by atoms with E-state index in [0.717, 1.165) is 17.8 Å². The van der Waals surface area contributed by atoms with Crippen molar-refractivity contribution in [1.29, 1.82) is 0 Å². The summed E-state index contributed by atoms with van der Waals surface area (Å²) < 4.78 is 0. The molecule has 1 rings (SSSR count). The smallest absolute Gasteiger partial charge is 0.228 e. The number of anilines is 2. The predicted molar refractivity (Wildman–Crippen MR) is 75.3 cm³/mol. The Morgan fingerprint density at radius 2 is 1.67 bits per heavy atom. The van der Waals surface area contributed by atoms with Crippen LogP contribution in [0.3, 0.4) is 0 Å². The Labute approximate surface area is 108 Å². The van der Waals surface area contributed by atoms with Crippen LogP contribution in [0.15, 0.2) is 24.3 Å². The third-order valence-corrected chi connectivity index (χ3v) is 2.82. The van der Waals surface area contributed by atoms with Crippen LogP contribution in [0.1, 0.15) is 19.8 Å². The second-order valence-electron chi connectivity index (χ2n) is 4.15. The molecule has 0 aliphatic rings. The van der Waals surface area contributed by atoms with Gasteiger partial charge in [-0.15, -0.1) is 0 Å². The normalized spacial score (nSPS) is 10.2. The van der Waals surface area contributed by atoms with Crippen molar-refractivity contribution < 1.29 is 4.79 Å². The fraction of sp³-hybridized carbons (Fsp3) is 0.462. The maximum absolute atomic E-state index is 11.9. The lowest BCUT2D eigenvalue weighted by molar-refractivity contribution is -0.118. The van der Waals surface area contributed by atoms with E-state index in [-0.39, 0.29) is 12.6 Å². The van der Waals surface area contributed by atoms with E-state index in [4.69, 9.17) is 11.5 Å². The van der Waals surface area contributed by atoms with Crippen molar-refractivity contribution in [2.24, 2.45) is 11.5 Å². The zero-order valence-corrected chi connectivity index (χ0v) is 11.1. The predicted octanol–water partition coefficient (Wildman–Crippen LogP) is 1.09. The van der Waals surface area contributed by atoms with E-state index < -0.39 is 0 Å². The van der Waals surface area contributed by atoms with Gasteiger partial charge in [-0.1, -0.05) is 6.92 Å². The summed E-state index contributed by atoms with van der Waals surface area (Å²) in [4.78, 5) is 15.4. The molecule has 1 aromatic rings. The van der Waals surface area contributed by atoms with Crippen molar-refractivity contribution in [2.75, 3.05) is 30.2 Å². The van der Waals surface area contributed by atoms with E-state index in [9.17, 15) is 4.79 Å². The van der Waals surface area contributed by atoms with Gasteiger partial charge in [-0.25, -0.2) is 0 Å². The molecule has 0 bridgehead atoms. The van der Waals surface area contributed by atoms with Gasteiger partial charge in [0.2, 0.25) is 5.91 Å². The Bertz CT molecular complexity index is 377. The first-order valence-electron chi connectivity index (χ1n) is 6.15. The van der Waals surface area contributed by atoms with Crippen LogP contribution >= 0.6 is 0 Å². The standard InChI is InChI=1S/C13H22N4O/c1-3-4-13(18)17(10-15)12-7-5-11(6-8-12)16(2)9-14/h5-8H,3-4,9-10,14-15H2,1-2H3. The highest BCUT2D eigenvalue weighted by molar-refractivity contribution is 5.93. The molecule has 0 atom stereocenters.